The molecule has 0 amide bonds. The van der Waals surface area contributed by atoms with Crippen LogP contribution in [0.2, 0.25) is 0 Å². The Hall–Kier alpha value is -0.350. The van der Waals surface area contributed by atoms with Gasteiger partial charge in [0.2, 0.25) is 0 Å². The van der Waals surface area contributed by atoms with Crippen molar-refractivity contribution in [3.8, 4) is 0 Å². The van der Waals surface area contributed by atoms with Gasteiger partial charge in [0.25, 0.3) is 0 Å². The molecule has 0 saturated carbocycles. The standard InChI is InChI=1S/C8H15NO2S/c1-3-5-9(2)8-4-6-12(10,11)7-8/h3,8H,1,4-7H2,2H3. The first-order valence-corrected chi connectivity index (χ1v) is 5.89. The fourth-order valence-electron chi connectivity index (χ4n) is 1.48. The molecule has 12 heavy (non-hydrogen) atoms. The van der Waals surface area contributed by atoms with Gasteiger partial charge in [-0.2, -0.15) is 0 Å². The zero-order valence-electron chi connectivity index (χ0n) is 7.36. The van der Waals surface area contributed by atoms with Crippen molar-refractivity contribution in [3.63, 3.8) is 0 Å². The molecule has 0 aromatic carbocycles. The fourth-order valence-corrected chi connectivity index (χ4v) is 3.28. The molecule has 0 radical (unpaired) electrons. The lowest BCUT2D eigenvalue weighted by Crippen LogP contribution is -2.32. The highest BCUT2D eigenvalue weighted by Crippen LogP contribution is 2.15. The van der Waals surface area contributed by atoms with Gasteiger partial charge in [0.1, 0.15) is 0 Å². The molecule has 0 aromatic rings. The lowest BCUT2D eigenvalue weighted by atomic mass is 10.2. The summed E-state index contributed by atoms with van der Waals surface area (Å²) in [6.07, 6.45) is 2.57. The molecular weight excluding hydrogens is 174 g/mol. The zero-order valence-corrected chi connectivity index (χ0v) is 8.18. The first kappa shape index (κ1) is 9.74. The molecule has 1 atom stereocenters. The molecule has 4 heteroatoms. The van der Waals surface area contributed by atoms with Crippen molar-refractivity contribution in [3.05, 3.63) is 12.7 Å². The van der Waals surface area contributed by atoms with Crippen LogP contribution in [0, 0.1) is 0 Å². The number of sulfone groups is 1. The summed E-state index contributed by atoms with van der Waals surface area (Å²) in [5.41, 5.74) is 0. The van der Waals surface area contributed by atoms with E-state index in [9.17, 15) is 8.42 Å². The second-order valence-corrected chi connectivity index (χ2v) is 5.51. The van der Waals surface area contributed by atoms with Crippen LogP contribution in [0.4, 0.5) is 0 Å². The Labute approximate surface area is 74.0 Å². The summed E-state index contributed by atoms with van der Waals surface area (Å²) < 4.78 is 22.2. The second kappa shape index (κ2) is 3.58. The highest BCUT2D eigenvalue weighted by molar-refractivity contribution is 7.91. The van der Waals surface area contributed by atoms with Crippen molar-refractivity contribution >= 4 is 9.84 Å². The highest BCUT2D eigenvalue weighted by Gasteiger charge is 2.29. The van der Waals surface area contributed by atoms with E-state index in [1.54, 1.807) is 6.08 Å². The molecule has 1 saturated heterocycles. The van der Waals surface area contributed by atoms with Crippen LogP contribution in [0.5, 0.6) is 0 Å². The van der Waals surface area contributed by atoms with Crippen LogP contribution in [-0.4, -0.2) is 44.5 Å². The van der Waals surface area contributed by atoms with Crippen molar-refractivity contribution in [2.24, 2.45) is 0 Å². The topological polar surface area (TPSA) is 37.4 Å². The number of hydrogen-bond acceptors (Lipinski definition) is 3. The third kappa shape index (κ3) is 2.32. The first-order chi connectivity index (χ1) is 5.55. The predicted molar refractivity (Wildman–Crippen MR) is 49.9 cm³/mol. The molecule has 1 fully saturated rings. The van der Waals surface area contributed by atoms with Crippen LogP contribution in [0.15, 0.2) is 12.7 Å². The van der Waals surface area contributed by atoms with Crippen molar-refractivity contribution in [2.75, 3.05) is 25.1 Å². The Balaban J connectivity index is 2.52. The average molecular weight is 189 g/mol. The van der Waals surface area contributed by atoms with E-state index < -0.39 is 9.84 Å². The van der Waals surface area contributed by atoms with E-state index in [4.69, 9.17) is 0 Å². The Bertz CT molecular complexity index is 258. The summed E-state index contributed by atoms with van der Waals surface area (Å²) >= 11 is 0. The monoisotopic (exact) mass is 189 g/mol. The van der Waals surface area contributed by atoms with Crippen LogP contribution in [0.1, 0.15) is 6.42 Å². The van der Waals surface area contributed by atoms with Crippen molar-refractivity contribution in [1.82, 2.24) is 4.90 Å². The normalized spacial score (nSPS) is 27.7. The minimum absolute atomic E-state index is 0.202. The summed E-state index contributed by atoms with van der Waals surface area (Å²) in [6.45, 7) is 4.38. The van der Waals surface area contributed by atoms with Crippen molar-refractivity contribution in [2.45, 2.75) is 12.5 Å². The molecule has 1 heterocycles. The molecule has 0 N–H and O–H groups in total. The summed E-state index contributed by atoms with van der Waals surface area (Å²) in [6, 6.07) is 0.202. The quantitative estimate of drug-likeness (QED) is 0.599. The Kier molecular flexibility index (Phi) is 2.90. The summed E-state index contributed by atoms with van der Waals surface area (Å²) in [7, 11) is -0.797. The van der Waals surface area contributed by atoms with E-state index in [0.717, 1.165) is 13.0 Å². The van der Waals surface area contributed by atoms with Gasteiger partial charge in [-0.3, -0.25) is 4.90 Å². The maximum atomic E-state index is 11.1. The molecular formula is C8H15NO2S. The van der Waals surface area contributed by atoms with E-state index in [1.165, 1.54) is 0 Å². The lowest BCUT2D eigenvalue weighted by molar-refractivity contribution is 0.289. The Morgan fingerprint density at radius 2 is 2.33 bits per heavy atom. The van der Waals surface area contributed by atoms with Gasteiger partial charge >= 0.3 is 0 Å². The zero-order chi connectivity index (χ0) is 9.19. The van der Waals surface area contributed by atoms with E-state index >= 15 is 0 Å². The second-order valence-electron chi connectivity index (χ2n) is 3.29. The molecule has 0 aliphatic carbocycles. The van der Waals surface area contributed by atoms with Gasteiger partial charge in [-0.1, -0.05) is 6.08 Å². The third-order valence-corrected chi connectivity index (χ3v) is 4.00. The minimum atomic E-state index is -2.73. The van der Waals surface area contributed by atoms with E-state index in [0.29, 0.717) is 11.5 Å². The largest absolute Gasteiger partial charge is 0.299 e. The van der Waals surface area contributed by atoms with Crippen LogP contribution < -0.4 is 0 Å². The van der Waals surface area contributed by atoms with E-state index in [-0.39, 0.29) is 6.04 Å². The molecule has 0 spiro atoms. The molecule has 1 aliphatic rings. The van der Waals surface area contributed by atoms with Crippen LogP contribution >= 0.6 is 0 Å². The number of rotatable bonds is 3. The number of likely N-dealkylation sites (N-methyl/N-ethyl adjacent to an activating group) is 1. The van der Waals surface area contributed by atoms with E-state index in [1.807, 2.05) is 11.9 Å². The number of hydrogen-bond donors (Lipinski definition) is 0. The van der Waals surface area contributed by atoms with Crippen LogP contribution in [0.25, 0.3) is 0 Å². The van der Waals surface area contributed by atoms with Gasteiger partial charge in [-0.15, -0.1) is 6.58 Å². The number of nitrogens with zero attached hydrogens (tertiary/aromatic N) is 1. The van der Waals surface area contributed by atoms with Gasteiger partial charge in [0.15, 0.2) is 9.84 Å². The maximum Gasteiger partial charge on any atom is 0.151 e. The van der Waals surface area contributed by atoms with Gasteiger partial charge in [0, 0.05) is 12.6 Å². The molecule has 70 valence electrons. The average Bonchev–Trinajstić information content (AvgIpc) is 2.31. The third-order valence-electron chi connectivity index (χ3n) is 2.25. The lowest BCUT2D eigenvalue weighted by Gasteiger charge is -2.20. The Morgan fingerprint density at radius 3 is 2.75 bits per heavy atom. The SMILES string of the molecule is C=CCN(C)C1CCS(=O)(=O)C1. The van der Waals surface area contributed by atoms with Crippen LogP contribution in [0.3, 0.4) is 0 Å². The Morgan fingerprint density at radius 1 is 1.67 bits per heavy atom. The maximum absolute atomic E-state index is 11.1. The van der Waals surface area contributed by atoms with Crippen molar-refractivity contribution in [1.29, 1.82) is 0 Å². The van der Waals surface area contributed by atoms with Gasteiger partial charge in [-0.05, 0) is 13.5 Å². The summed E-state index contributed by atoms with van der Waals surface area (Å²) in [5.74, 6) is 0.663. The molecule has 0 aromatic heterocycles. The fraction of sp³-hybridized carbons (Fsp3) is 0.750. The summed E-state index contributed by atoms with van der Waals surface area (Å²) in [4.78, 5) is 2.04. The smallest absolute Gasteiger partial charge is 0.151 e. The van der Waals surface area contributed by atoms with Gasteiger partial charge in [-0.25, -0.2) is 8.42 Å². The van der Waals surface area contributed by atoms with E-state index in [2.05, 4.69) is 6.58 Å². The first-order valence-electron chi connectivity index (χ1n) is 4.07. The van der Waals surface area contributed by atoms with Gasteiger partial charge < -0.3 is 0 Å². The predicted octanol–water partition coefficient (Wildman–Crippen LogP) is 0.291. The molecule has 1 rings (SSSR count). The summed E-state index contributed by atoms with van der Waals surface area (Å²) in [5, 5.41) is 0. The van der Waals surface area contributed by atoms with Crippen molar-refractivity contribution < 1.29 is 8.42 Å². The molecule has 0 bridgehead atoms. The van der Waals surface area contributed by atoms with Gasteiger partial charge in [0.05, 0.1) is 11.5 Å². The molecule has 1 aliphatic heterocycles. The van der Waals surface area contributed by atoms with Crippen LogP contribution in [-0.2, 0) is 9.84 Å². The molecule has 3 nitrogen and oxygen atoms in total. The molecule has 1 unspecified atom stereocenters. The highest BCUT2D eigenvalue weighted by atomic mass is 32.2. The minimum Gasteiger partial charge on any atom is -0.299 e.